The van der Waals surface area contributed by atoms with Crippen LogP contribution < -0.4 is 5.32 Å². The zero-order valence-corrected chi connectivity index (χ0v) is 10.00. The van der Waals surface area contributed by atoms with Gasteiger partial charge in [-0.15, -0.1) is 0 Å². The lowest BCUT2D eigenvalue weighted by atomic mass is 10.2. The van der Waals surface area contributed by atoms with Gasteiger partial charge in [-0.3, -0.25) is 0 Å². The minimum atomic E-state index is 0.0523. The predicted molar refractivity (Wildman–Crippen MR) is 61.0 cm³/mol. The zero-order valence-electron chi connectivity index (χ0n) is 10.00. The predicted octanol–water partition coefficient (Wildman–Crippen LogP) is 0.681. The van der Waals surface area contributed by atoms with Crippen molar-refractivity contribution in [2.75, 3.05) is 46.9 Å². The molecule has 0 aromatic carbocycles. The van der Waals surface area contributed by atoms with Gasteiger partial charge in [-0.25, -0.2) is 0 Å². The molecule has 90 valence electrons. The number of hydrogen-bond donors (Lipinski definition) is 1. The third kappa shape index (κ3) is 6.10. The summed E-state index contributed by atoms with van der Waals surface area (Å²) in [4.78, 5) is 2.26. The molecule has 1 N–H and O–H groups in total. The zero-order chi connectivity index (χ0) is 10.9. The number of nitrogens with zero attached hydrogens (tertiary/aromatic N) is 1. The van der Waals surface area contributed by atoms with Gasteiger partial charge in [-0.1, -0.05) is 0 Å². The van der Waals surface area contributed by atoms with Gasteiger partial charge in [0, 0.05) is 26.2 Å². The molecule has 1 fully saturated rings. The molecule has 4 nitrogen and oxygen atoms in total. The monoisotopic (exact) mass is 216 g/mol. The molecule has 1 saturated heterocycles. The quantitative estimate of drug-likeness (QED) is 0.678. The maximum absolute atomic E-state index is 5.65. The van der Waals surface area contributed by atoms with Crippen LogP contribution in [-0.4, -0.2) is 58.1 Å². The third-order valence-electron chi connectivity index (χ3n) is 2.66. The van der Waals surface area contributed by atoms with Crippen molar-refractivity contribution in [3.8, 4) is 0 Å². The number of rotatable bonds is 7. The minimum absolute atomic E-state index is 0.0523. The summed E-state index contributed by atoms with van der Waals surface area (Å²) >= 11 is 0. The number of likely N-dealkylation sites (N-methyl/N-ethyl adjacent to an activating group) is 2. The van der Waals surface area contributed by atoms with Crippen molar-refractivity contribution in [2.24, 2.45) is 0 Å². The molecule has 0 bridgehead atoms. The molecule has 0 aliphatic carbocycles. The lowest BCUT2D eigenvalue weighted by Gasteiger charge is -2.24. The van der Waals surface area contributed by atoms with Crippen LogP contribution in [0.2, 0.25) is 0 Å². The molecule has 0 aromatic rings. The fourth-order valence-corrected chi connectivity index (χ4v) is 1.60. The van der Waals surface area contributed by atoms with Gasteiger partial charge in [0.25, 0.3) is 0 Å². The van der Waals surface area contributed by atoms with E-state index in [2.05, 4.69) is 17.3 Å². The number of ether oxygens (including phenoxy) is 2. The summed E-state index contributed by atoms with van der Waals surface area (Å²) in [5.41, 5.74) is 0. The Bertz CT molecular complexity index is 150. The highest BCUT2D eigenvalue weighted by molar-refractivity contribution is 4.56. The molecule has 0 aromatic heterocycles. The molecule has 0 spiro atoms. The van der Waals surface area contributed by atoms with Crippen LogP contribution in [0.15, 0.2) is 0 Å². The van der Waals surface area contributed by atoms with E-state index in [9.17, 15) is 0 Å². The van der Waals surface area contributed by atoms with E-state index in [4.69, 9.17) is 9.47 Å². The molecule has 1 aliphatic heterocycles. The van der Waals surface area contributed by atoms with Crippen LogP contribution >= 0.6 is 0 Å². The molecule has 1 heterocycles. The largest absolute Gasteiger partial charge is 0.353 e. The molecule has 0 saturated carbocycles. The van der Waals surface area contributed by atoms with Gasteiger partial charge in [0.15, 0.2) is 6.29 Å². The maximum atomic E-state index is 5.65. The normalized spacial score (nSPS) is 22.2. The topological polar surface area (TPSA) is 33.7 Å². The maximum Gasteiger partial charge on any atom is 0.157 e. The SMILES string of the molecule is CNCCN(C)CCOC1CCCCO1. The van der Waals surface area contributed by atoms with E-state index in [0.29, 0.717) is 0 Å². The first kappa shape index (κ1) is 12.9. The summed E-state index contributed by atoms with van der Waals surface area (Å²) in [6.45, 7) is 4.69. The van der Waals surface area contributed by atoms with Gasteiger partial charge in [0.05, 0.1) is 6.61 Å². The highest BCUT2D eigenvalue weighted by Crippen LogP contribution is 2.13. The van der Waals surface area contributed by atoms with Crippen molar-refractivity contribution in [1.82, 2.24) is 10.2 Å². The molecule has 1 atom stereocenters. The molecular weight excluding hydrogens is 192 g/mol. The van der Waals surface area contributed by atoms with Crippen LogP contribution in [0, 0.1) is 0 Å². The Labute approximate surface area is 92.9 Å². The summed E-state index contributed by atoms with van der Waals surface area (Å²) in [6, 6.07) is 0. The van der Waals surface area contributed by atoms with Gasteiger partial charge in [0.2, 0.25) is 0 Å². The highest BCUT2D eigenvalue weighted by Gasteiger charge is 2.13. The van der Waals surface area contributed by atoms with Crippen molar-refractivity contribution < 1.29 is 9.47 Å². The molecule has 1 aliphatic rings. The first-order valence-corrected chi connectivity index (χ1v) is 5.89. The van der Waals surface area contributed by atoms with Crippen LogP contribution in [0.4, 0.5) is 0 Å². The van der Waals surface area contributed by atoms with Crippen molar-refractivity contribution in [3.63, 3.8) is 0 Å². The van der Waals surface area contributed by atoms with Crippen LogP contribution in [0.1, 0.15) is 19.3 Å². The molecule has 1 rings (SSSR count). The van der Waals surface area contributed by atoms with E-state index in [1.807, 2.05) is 7.05 Å². The van der Waals surface area contributed by atoms with E-state index in [-0.39, 0.29) is 6.29 Å². The summed E-state index contributed by atoms with van der Waals surface area (Å²) in [6.07, 6.45) is 3.53. The third-order valence-corrected chi connectivity index (χ3v) is 2.66. The summed E-state index contributed by atoms with van der Waals surface area (Å²) in [5, 5.41) is 3.13. The van der Waals surface area contributed by atoms with Crippen molar-refractivity contribution in [3.05, 3.63) is 0 Å². The van der Waals surface area contributed by atoms with Crippen LogP contribution in [0.3, 0.4) is 0 Å². The second kappa shape index (κ2) is 8.05. The van der Waals surface area contributed by atoms with E-state index < -0.39 is 0 Å². The number of hydrogen-bond acceptors (Lipinski definition) is 4. The standard InChI is InChI=1S/C11H24N2O2/c1-12-6-7-13(2)8-10-15-11-5-3-4-9-14-11/h11-12H,3-10H2,1-2H3. The minimum Gasteiger partial charge on any atom is -0.353 e. The fraction of sp³-hybridized carbons (Fsp3) is 1.00. The van der Waals surface area contributed by atoms with Crippen molar-refractivity contribution in [2.45, 2.75) is 25.6 Å². The summed E-state index contributed by atoms with van der Waals surface area (Å²) in [7, 11) is 4.09. The molecule has 1 unspecified atom stereocenters. The Morgan fingerprint density at radius 1 is 1.40 bits per heavy atom. The van der Waals surface area contributed by atoms with Gasteiger partial charge in [-0.05, 0) is 33.4 Å². The van der Waals surface area contributed by atoms with Crippen LogP contribution in [0.5, 0.6) is 0 Å². The Morgan fingerprint density at radius 2 is 2.27 bits per heavy atom. The van der Waals surface area contributed by atoms with Gasteiger partial charge >= 0.3 is 0 Å². The van der Waals surface area contributed by atoms with Crippen LogP contribution in [-0.2, 0) is 9.47 Å². The second-order valence-corrected chi connectivity index (χ2v) is 4.07. The first-order valence-electron chi connectivity index (χ1n) is 5.89. The Morgan fingerprint density at radius 3 is 2.93 bits per heavy atom. The van der Waals surface area contributed by atoms with Gasteiger partial charge in [0.1, 0.15) is 0 Å². The van der Waals surface area contributed by atoms with Crippen molar-refractivity contribution >= 4 is 0 Å². The molecule has 0 amide bonds. The average molecular weight is 216 g/mol. The molecule has 0 radical (unpaired) electrons. The first-order chi connectivity index (χ1) is 7.33. The van der Waals surface area contributed by atoms with Crippen molar-refractivity contribution in [1.29, 1.82) is 0 Å². The lowest BCUT2D eigenvalue weighted by molar-refractivity contribution is -0.163. The molecule has 15 heavy (non-hydrogen) atoms. The average Bonchev–Trinajstić information content (AvgIpc) is 2.28. The van der Waals surface area contributed by atoms with E-state index in [1.165, 1.54) is 12.8 Å². The molecular formula is C11H24N2O2. The smallest absolute Gasteiger partial charge is 0.157 e. The van der Waals surface area contributed by atoms with E-state index in [1.54, 1.807) is 0 Å². The Kier molecular flexibility index (Phi) is 6.92. The summed E-state index contributed by atoms with van der Waals surface area (Å²) < 4.78 is 11.1. The second-order valence-electron chi connectivity index (χ2n) is 4.07. The van der Waals surface area contributed by atoms with Crippen LogP contribution in [0.25, 0.3) is 0 Å². The Hall–Kier alpha value is -0.160. The molecule has 4 heteroatoms. The fourth-order valence-electron chi connectivity index (χ4n) is 1.60. The summed E-state index contributed by atoms with van der Waals surface area (Å²) in [5.74, 6) is 0. The Balaban J connectivity index is 1.94. The van der Waals surface area contributed by atoms with E-state index >= 15 is 0 Å². The van der Waals surface area contributed by atoms with Gasteiger partial charge in [-0.2, -0.15) is 0 Å². The van der Waals surface area contributed by atoms with E-state index in [0.717, 1.165) is 39.3 Å². The number of nitrogens with one attached hydrogen (secondary N) is 1. The lowest BCUT2D eigenvalue weighted by Crippen LogP contribution is -2.32. The highest BCUT2D eigenvalue weighted by atomic mass is 16.7. The van der Waals surface area contributed by atoms with Gasteiger partial charge < -0.3 is 19.7 Å².